The lowest BCUT2D eigenvalue weighted by Crippen LogP contribution is -2.15. The highest BCUT2D eigenvalue weighted by atomic mass is 79.9. The zero-order valence-corrected chi connectivity index (χ0v) is 13.0. The van der Waals surface area contributed by atoms with Gasteiger partial charge in [-0.1, -0.05) is 58.4 Å². The molecule has 0 bridgehead atoms. The maximum Gasteiger partial charge on any atom is 0.0751 e. The van der Waals surface area contributed by atoms with Crippen LogP contribution in [0.4, 0.5) is 5.69 Å². The molecule has 0 fully saturated rings. The summed E-state index contributed by atoms with van der Waals surface area (Å²) in [5.74, 6) is 0. The summed E-state index contributed by atoms with van der Waals surface area (Å²) < 4.78 is 1.04. The second kappa shape index (κ2) is 6.29. The monoisotopic (exact) mass is 341 g/mol. The number of benzene rings is 3. The van der Waals surface area contributed by atoms with Gasteiger partial charge in [-0.05, 0) is 40.6 Å². The molecule has 0 amide bonds. The minimum absolute atomic E-state index is 0.0457. The van der Waals surface area contributed by atoms with Gasteiger partial charge in [0.1, 0.15) is 0 Å². The van der Waals surface area contributed by atoms with E-state index in [2.05, 4.69) is 45.5 Å². The van der Waals surface area contributed by atoms with Crippen molar-refractivity contribution in [2.75, 3.05) is 11.9 Å². The largest absolute Gasteiger partial charge is 0.394 e. The molecule has 0 saturated carbocycles. The van der Waals surface area contributed by atoms with E-state index in [0.29, 0.717) is 0 Å². The third-order valence-electron chi connectivity index (χ3n) is 3.57. The van der Waals surface area contributed by atoms with E-state index in [9.17, 15) is 5.11 Å². The Labute approximate surface area is 132 Å². The number of rotatable bonds is 4. The summed E-state index contributed by atoms with van der Waals surface area (Å²) in [7, 11) is 0. The van der Waals surface area contributed by atoms with Crippen LogP contribution < -0.4 is 5.32 Å². The van der Waals surface area contributed by atoms with Crippen molar-refractivity contribution >= 4 is 32.4 Å². The van der Waals surface area contributed by atoms with Crippen molar-refractivity contribution in [3.05, 3.63) is 76.8 Å². The average molecular weight is 342 g/mol. The van der Waals surface area contributed by atoms with E-state index in [-0.39, 0.29) is 12.6 Å². The molecule has 2 nitrogen and oxygen atoms in total. The van der Waals surface area contributed by atoms with Gasteiger partial charge in [0.25, 0.3) is 0 Å². The fourth-order valence-electron chi connectivity index (χ4n) is 2.52. The van der Waals surface area contributed by atoms with Crippen LogP contribution in [0.2, 0.25) is 0 Å². The molecule has 106 valence electrons. The van der Waals surface area contributed by atoms with Crippen molar-refractivity contribution < 1.29 is 5.11 Å². The number of fused-ring (bicyclic) bond motifs is 1. The Kier molecular flexibility index (Phi) is 4.23. The molecular weight excluding hydrogens is 326 g/mol. The normalized spacial score (nSPS) is 12.3. The molecule has 0 aliphatic carbocycles. The maximum absolute atomic E-state index is 9.78. The first-order chi connectivity index (χ1) is 10.3. The van der Waals surface area contributed by atoms with Gasteiger partial charge >= 0.3 is 0 Å². The summed E-state index contributed by atoms with van der Waals surface area (Å²) in [4.78, 5) is 0. The number of aliphatic hydroxyl groups excluding tert-OH is 1. The summed E-state index contributed by atoms with van der Waals surface area (Å²) >= 11 is 3.43. The molecule has 0 heterocycles. The Balaban J connectivity index is 1.96. The molecule has 3 aromatic carbocycles. The van der Waals surface area contributed by atoms with E-state index < -0.39 is 0 Å². The Hall–Kier alpha value is -1.84. The average Bonchev–Trinajstić information content (AvgIpc) is 2.54. The van der Waals surface area contributed by atoms with E-state index >= 15 is 0 Å². The predicted molar refractivity (Wildman–Crippen MR) is 91.5 cm³/mol. The van der Waals surface area contributed by atoms with Gasteiger partial charge in [0.05, 0.1) is 12.6 Å². The van der Waals surface area contributed by atoms with Crippen LogP contribution in [0, 0.1) is 0 Å². The molecule has 0 aliphatic rings. The van der Waals surface area contributed by atoms with Crippen LogP contribution in [0.1, 0.15) is 11.6 Å². The van der Waals surface area contributed by atoms with Gasteiger partial charge in [0, 0.05) is 10.2 Å². The molecule has 3 aromatic rings. The van der Waals surface area contributed by atoms with Crippen LogP contribution in [0.3, 0.4) is 0 Å². The van der Waals surface area contributed by atoms with Gasteiger partial charge in [0.15, 0.2) is 0 Å². The first-order valence-electron chi connectivity index (χ1n) is 6.88. The topological polar surface area (TPSA) is 32.3 Å². The molecule has 3 heteroatoms. The fourth-order valence-corrected chi connectivity index (χ4v) is 2.79. The third-order valence-corrected chi connectivity index (χ3v) is 4.10. The fraction of sp³-hybridized carbons (Fsp3) is 0.111. The molecule has 1 unspecified atom stereocenters. The third kappa shape index (κ3) is 3.09. The molecule has 3 rings (SSSR count). The summed E-state index contributed by atoms with van der Waals surface area (Å²) in [6.07, 6.45) is 0. The highest BCUT2D eigenvalue weighted by molar-refractivity contribution is 9.10. The van der Waals surface area contributed by atoms with Crippen molar-refractivity contribution in [3.63, 3.8) is 0 Å². The lowest BCUT2D eigenvalue weighted by molar-refractivity contribution is 0.277. The standard InChI is InChI=1S/C18H16BrNO/c19-14-8-10-15(11-9-14)20-18(12-21)17-7-3-5-13-4-1-2-6-16(13)17/h1-11,18,20-21H,12H2. The minimum atomic E-state index is -0.128. The van der Waals surface area contributed by atoms with Crippen molar-refractivity contribution in [3.8, 4) is 0 Å². The predicted octanol–water partition coefficient (Wildman–Crippen LogP) is 4.75. The van der Waals surface area contributed by atoms with E-state index in [4.69, 9.17) is 0 Å². The first kappa shape index (κ1) is 14.1. The van der Waals surface area contributed by atoms with Crippen molar-refractivity contribution in [2.45, 2.75) is 6.04 Å². The van der Waals surface area contributed by atoms with E-state index in [1.807, 2.05) is 42.5 Å². The summed E-state index contributed by atoms with van der Waals surface area (Å²) in [5, 5.41) is 15.5. The van der Waals surface area contributed by atoms with Gasteiger partial charge in [0.2, 0.25) is 0 Å². The summed E-state index contributed by atoms with van der Waals surface area (Å²) in [5.41, 5.74) is 2.10. The number of anilines is 1. The lowest BCUT2D eigenvalue weighted by Gasteiger charge is -2.20. The van der Waals surface area contributed by atoms with Crippen molar-refractivity contribution in [2.24, 2.45) is 0 Å². The van der Waals surface area contributed by atoms with Gasteiger partial charge < -0.3 is 10.4 Å². The van der Waals surface area contributed by atoms with Gasteiger partial charge in [-0.15, -0.1) is 0 Å². The summed E-state index contributed by atoms with van der Waals surface area (Å²) in [6.45, 7) is 0.0457. The number of nitrogens with one attached hydrogen (secondary N) is 1. The zero-order chi connectivity index (χ0) is 14.7. The molecule has 21 heavy (non-hydrogen) atoms. The maximum atomic E-state index is 9.78. The number of halogens is 1. The molecule has 2 N–H and O–H groups in total. The van der Waals surface area contributed by atoms with E-state index in [1.165, 1.54) is 10.8 Å². The Morgan fingerprint density at radius 1 is 0.905 bits per heavy atom. The number of hydrogen-bond acceptors (Lipinski definition) is 2. The molecule has 0 aliphatic heterocycles. The van der Waals surface area contributed by atoms with E-state index in [0.717, 1.165) is 15.7 Å². The second-order valence-corrected chi connectivity index (χ2v) is 5.87. The van der Waals surface area contributed by atoms with Crippen LogP contribution in [-0.2, 0) is 0 Å². The second-order valence-electron chi connectivity index (χ2n) is 4.95. The molecule has 0 saturated heterocycles. The number of aliphatic hydroxyl groups is 1. The van der Waals surface area contributed by atoms with Crippen LogP contribution in [0.25, 0.3) is 10.8 Å². The van der Waals surface area contributed by atoms with Crippen LogP contribution in [-0.4, -0.2) is 11.7 Å². The van der Waals surface area contributed by atoms with E-state index in [1.54, 1.807) is 0 Å². The van der Waals surface area contributed by atoms with Crippen molar-refractivity contribution in [1.29, 1.82) is 0 Å². The minimum Gasteiger partial charge on any atom is -0.394 e. The first-order valence-corrected chi connectivity index (χ1v) is 7.68. The SMILES string of the molecule is OCC(Nc1ccc(Br)cc1)c1cccc2ccccc12. The van der Waals surface area contributed by atoms with Gasteiger partial charge in [-0.25, -0.2) is 0 Å². The quantitative estimate of drug-likeness (QED) is 0.717. The van der Waals surface area contributed by atoms with Crippen molar-refractivity contribution in [1.82, 2.24) is 0 Å². The van der Waals surface area contributed by atoms with Crippen LogP contribution >= 0.6 is 15.9 Å². The Bertz CT molecular complexity index is 734. The highest BCUT2D eigenvalue weighted by Crippen LogP contribution is 2.27. The molecular formula is C18H16BrNO. The summed E-state index contributed by atoms with van der Waals surface area (Å²) in [6, 6.07) is 22.3. The smallest absolute Gasteiger partial charge is 0.0751 e. The van der Waals surface area contributed by atoms with Crippen LogP contribution in [0.15, 0.2) is 71.2 Å². The van der Waals surface area contributed by atoms with Crippen LogP contribution in [0.5, 0.6) is 0 Å². The molecule has 0 aromatic heterocycles. The Morgan fingerprint density at radius 3 is 2.38 bits per heavy atom. The van der Waals surface area contributed by atoms with Gasteiger partial charge in [-0.3, -0.25) is 0 Å². The highest BCUT2D eigenvalue weighted by Gasteiger charge is 2.13. The number of hydrogen-bond donors (Lipinski definition) is 2. The molecule has 0 spiro atoms. The van der Waals surface area contributed by atoms with Gasteiger partial charge in [-0.2, -0.15) is 0 Å². The zero-order valence-electron chi connectivity index (χ0n) is 11.5. The molecule has 0 radical (unpaired) electrons. The lowest BCUT2D eigenvalue weighted by atomic mass is 9.99. The molecule has 1 atom stereocenters. The Morgan fingerprint density at radius 2 is 1.62 bits per heavy atom.